The molecular weight excluding hydrogens is 480 g/mol. The second kappa shape index (κ2) is 9.74. The highest BCUT2D eigenvalue weighted by Crippen LogP contribution is 2.34. The molecule has 0 radical (unpaired) electrons. The van der Waals surface area contributed by atoms with Crippen LogP contribution in [0.1, 0.15) is 10.4 Å². The number of benzene rings is 2. The van der Waals surface area contributed by atoms with Crippen LogP contribution in [0.25, 0.3) is 0 Å². The second-order valence-corrected chi connectivity index (χ2v) is 8.57. The number of halogens is 1. The Morgan fingerprint density at radius 1 is 1.03 bits per heavy atom. The predicted octanol–water partition coefficient (Wildman–Crippen LogP) is 3.16. The van der Waals surface area contributed by atoms with Gasteiger partial charge in [-0.05, 0) is 30.3 Å². The first-order valence-electron chi connectivity index (χ1n) is 10.5. The topological polar surface area (TPSA) is 88.4 Å². The summed E-state index contributed by atoms with van der Waals surface area (Å²) in [6.07, 6.45) is 0. The van der Waals surface area contributed by atoms with E-state index in [2.05, 4.69) is 20.8 Å². The number of nitro groups is 1. The van der Waals surface area contributed by atoms with Gasteiger partial charge in [-0.3, -0.25) is 14.9 Å². The number of morpholine rings is 1. The van der Waals surface area contributed by atoms with Crippen LogP contribution in [-0.4, -0.2) is 75.3 Å². The molecule has 1 amide bonds. The van der Waals surface area contributed by atoms with Crippen LogP contribution < -0.4 is 14.5 Å². The molecule has 2 aliphatic heterocycles. The van der Waals surface area contributed by atoms with Gasteiger partial charge in [0.1, 0.15) is 11.4 Å². The van der Waals surface area contributed by atoms with Gasteiger partial charge in [-0.15, -0.1) is 0 Å². The molecule has 0 aromatic heterocycles. The number of ether oxygens (including phenoxy) is 2. The number of nitro benzene ring substituents is 1. The normalized spacial score (nSPS) is 16.8. The maximum Gasteiger partial charge on any atom is 0.292 e. The fourth-order valence-electron chi connectivity index (χ4n) is 4.11. The molecule has 0 unspecified atom stereocenters. The van der Waals surface area contributed by atoms with Crippen LogP contribution >= 0.6 is 15.9 Å². The van der Waals surface area contributed by atoms with Crippen LogP contribution in [0.4, 0.5) is 17.1 Å². The van der Waals surface area contributed by atoms with E-state index < -0.39 is 0 Å². The molecule has 2 saturated heterocycles. The van der Waals surface area contributed by atoms with E-state index in [0.717, 1.165) is 10.2 Å². The lowest BCUT2D eigenvalue weighted by atomic mass is 10.1. The molecule has 9 nitrogen and oxygen atoms in total. The van der Waals surface area contributed by atoms with Crippen molar-refractivity contribution in [1.29, 1.82) is 0 Å². The Morgan fingerprint density at radius 3 is 2.41 bits per heavy atom. The SMILES string of the molecule is COc1ccc(Br)cc1C(=O)N1CCN(c2ccc([N+](=O)[O-])c(N3CCOCC3)c2)CC1. The van der Waals surface area contributed by atoms with Crippen molar-refractivity contribution in [2.45, 2.75) is 0 Å². The van der Waals surface area contributed by atoms with Crippen LogP contribution in [0.15, 0.2) is 40.9 Å². The Bertz CT molecular complexity index is 1000. The first-order valence-corrected chi connectivity index (χ1v) is 11.3. The van der Waals surface area contributed by atoms with E-state index in [1.807, 2.05) is 21.9 Å². The molecule has 2 aromatic carbocycles. The highest BCUT2D eigenvalue weighted by Gasteiger charge is 2.27. The molecule has 2 aliphatic rings. The molecule has 10 heteroatoms. The molecule has 2 heterocycles. The van der Waals surface area contributed by atoms with Gasteiger partial charge in [0.2, 0.25) is 0 Å². The number of nitrogens with zero attached hydrogens (tertiary/aromatic N) is 4. The highest BCUT2D eigenvalue weighted by atomic mass is 79.9. The van der Waals surface area contributed by atoms with Crippen LogP contribution in [0.5, 0.6) is 5.75 Å². The van der Waals surface area contributed by atoms with Crippen molar-refractivity contribution in [2.75, 3.05) is 69.4 Å². The quantitative estimate of drug-likeness (QED) is 0.456. The summed E-state index contributed by atoms with van der Waals surface area (Å²) in [6, 6.07) is 10.6. The molecule has 0 N–H and O–H groups in total. The lowest BCUT2D eigenvalue weighted by molar-refractivity contribution is -0.384. The van der Waals surface area contributed by atoms with Gasteiger partial charge in [0.25, 0.3) is 11.6 Å². The van der Waals surface area contributed by atoms with Gasteiger partial charge in [0.15, 0.2) is 0 Å². The standard InChI is InChI=1S/C22H25BrN4O5/c1-31-21-5-2-16(23)14-18(21)22(28)26-8-6-24(7-9-26)17-3-4-19(27(29)30)20(15-17)25-10-12-32-13-11-25/h2-5,14-15H,6-13H2,1H3. The smallest absolute Gasteiger partial charge is 0.292 e. The molecule has 0 spiro atoms. The van der Waals surface area contributed by atoms with Crippen molar-refractivity contribution in [1.82, 2.24) is 4.90 Å². The predicted molar refractivity (Wildman–Crippen MR) is 125 cm³/mol. The number of methoxy groups -OCH3 is 1. The van der Waals surface area contributed by atoms with Crippen molar-refractivity contribution in [2.24, 2.45) is 0 Å². The molecule has 4 rings (SSSR count). The maximum atomic E-state index is 13.1. The van der Waals surface area contributed by atoms with Gasteiger partial charge in [0, 0.05) is 55.5 Å². The van der Waals surface area contributed by atoms with Crippen molar-refractivity contribution in [3.63, 3.8) is 0 Å². The zero-order valence-corrected chi connectivity index (χ0v) is 19.4. The minimum atomic E-state index is -0.337. The Hall–Kier alpha value is -2.85. The fraction of sp³-hybridized carbons (Fsp3) is 0.409. The average Bonchev–Trinajstić information content (AvgIpc) is 2.83. The monoisotopic (exact) mass is 504 g/mol. The van der Waals surface area contributed by atoms with Gasteiger partial charge in [0.05, 0.1) is 30.8 Å². The third kappa shape index (κ3) is 4.66. The Labute approximate surface area is 194 Å². The zero-order valence-electron chi connectivity index (χ0n) is 17.8. The summed E-state index contributed by atoms with van der Waals surface area (Å²) in [4.78, 5) is 30.3. The Kier molecular flexibility index (Phi) is 6.80. The zero-order chi connectivity index (χ0) is 22.7. The van der Waals surface area contributed by atoms with E-state index in [1.165, 1.54) is 0 Å². The molecule has 0 atom stereocenters. The molecule has 0 bridgehead atoms. The van der Waals surface area contributed by atoms with Crippen LogP contribution in [0, 0.1) is 10.1 Å². The van der Waals surface area contributed by atoms with Crippen LogP contribution in [-0.2, 0) is 4.74 Å². The van der Waals surface area contributed by atoms with Gasteiger partial charge < -0.3 is 24.2 Å². The van der Waals surface area contributed by atoms with Crippen LogP contribution in [0.2, 0.25) is 0 Å². The van der Waals surface area contributed by atoms with Gasteiger partial charge in [-0.2, -0.15) is 0 Å². The second-order valence-electron chi connectivity index (χ2n) is 7.65. The van der Waals surface area contributed by atoms with Gasteiger partial charge >= 0.3 is 0 Å². The van der Waals surface area contributed by atoms with E-state index in [4.69, 9.17) is 9.47 Å². The van der Waals surface area contributed by atoms with Crippen molar-refractivity contribution < 1.29 is 19.2 Å². The number of amides is 1. The summed E-state index contributed by atoms with van der Waals surface area (Å²) in [7, 11) is 1.55. The first kappa shape index (κ1) is 22.3. The third-order valence-corrected chi connectivity index (χ3v) is 6.32. The molecule has 32 heavy (non-hydrogen) atoms. The lowest BCUT2D eigenvalue weighted by Crippen LogP contribution is -2.49. The van der Waals surface area contributed by atoms with Crippen molar-refractivity contribution >= 4 is 38.9 Å². The largest absolute Gasteiger partial charge is 0.496 e. The summed E-state index contributed by atoms with van der Waals surface area (Å²) in [5.74, 6) is 0.478. The van der Waals surface area contributed by atoms with E-state index >= 15 is 0 Å². The van der Waals surface area contributed by atoms with Crippen molar-refractivity contribution in [3.8, 4) is 5.75 Å². The summed E-state index contributed by atoms with van der Waals surface area (Å²) in [5, 5.41) is 11.6. The summed E-state index contributed by atoms with van der Waals surface area (Å²) in [6.45, 7) is 4.76. The summed E-state index contributed by atoms with van der Waals surface area (Å²) < 4.78 is 11.6. The molecule has 2 fully saturated rings. The number of carbonyl (C=O) groups is 1. The number of hydrogen-bond acceptors (Lipinski definition) is 7. The number of piperazine rings is 1. The molecule has 0 aliphatic carbocycles. The molecule has 170 valence electrons. The van der Waals surface area contributed by atoms with Crippen molar-refractivity contribution in [3.05, 3.63) is 56.5 Å². The first-order chi connectivity index (χ1) is 15.5. The van der Waals surface area contributed by atoms with E-state index in [-0.39, 0.29) is 16.5 Å². The number of carbonyl (C=O) groups excluding carboxylic acids is 1. The molecular formula is C22H25BrN4O5. The number of hydrogen-bond donors (Lipinski definition) is 0. The van der Waals surface area contributed by atoms with E-state index in [0.29, 0.717) is 69.5 Å². The Morgan fingerprint density at radius 2 is 1.75 bits per heavy atom. The number of rotatable bonds is 5. The Balaban J connectivity index is 1.49. The maximum absolute atomic E-state index is 13.1. The fourth-order valence-corrected chi connectivity index (χ4v) is 4.47. The summed E-state index contributed by atoms with van der Waals surface area (Å²) >= 11 is 3.42. The number of anilines is 2. The third-order valence-electron chi connectivity index (χ3n) is 5.83. The molecule has 2 aromatic rings. The van der Waals surface area contributed by atoms with Gasteiger partial charge in [-0.25, -0.2) is 0 Å². The summed E-state index contributed by atoms with van der Waals surface area (Å²) in [5.41, 5.74) is 2.17. The van der Waals surface area contributed by atoms with E-state index in [1.54, 1.807) is 31.4 Å². The minimum Gasteiger partial charge on any atom is -0.496 e. The lowest BCUT2D eigenvalue weighted by Gasteiger charge is -2.37. The average molecular weight is 505 g/mol. The van der Waals surface area contributed by atoms with E-state index in [9.17, 15) is 14.9 Å². The van der Waals surface area contributed by atoms with Crippen LogP contribution in [0.3, 0.4) is 0 Å². The highest BCUT2D eigenvalue weighted by molar-refractivity contribution is 9.10. The minimum absolute atomic E-state index is 0.0690. The van der Waals surface area contributed by atoms with Gasteiger partial charge in [-0.1, -0.05) is 15.9 Å². The molecule has 0 saturated carbocycles.